The van der Waals surface area contributed by atoms with Crippen molar-refractivity contribution < 1.29 is 14.3 Å². The molecule has 30 heavy (non-hydrogen) atoms. The predicted octanol–water partition coefficient (Wildman–Crippen LogP) is 2.60. The number of likely N-dealkylation sites (tertiary alicyclic amines) is 1. The lowest BCUT2D eigenvalue weighted by Gasteiger charge is -2.21. The van der Waals surface area contributed by atoms with Gasteiger partial charge in [0, 0.05) is 43.9 Å². The van der Waals surface area contributed by atoms with Gasteiger partial charge < -0.3 is 14.5 Å². The summed E-state index contributed by atoms with van der Waals surface area (Å²) in [5.41, 5.74) is 3.64. The number of carbonyl (C=O) groups excluding carboxylic acids is 2. The van der Waals surface area contributed by atoms with Gasteiger partial charge in [0.25, 0.3) is 0 Å². The van der Waals surface area contributed by atoms with E-state index < -0.39 is 0 Å². The average molecular weight is 404 g/mol. The number of hydrogen-bond acceptors (Lipinski definition) is 5. The molecule has 0 N–H and O–H groups in total. The van der Waals surface area contributed by atoms with Crippen LogP contribution in [-0.2, 0) is 9.59 Å². The molecule has 0 saturated carbocycles. The Hall–Kier alpha value is -3.40. The van der Waals surface area contributed by atoms with E-state index in [1.807, 2.05) is 32.0 Å². The molecule has 7 heteroatoms. The quantitative estimate of drug-likeness (QED) is 0.782. The van der Waals surface area contributed by atoms with Crippen LogP contribution in [0.1, 0.15) is 29.5 Å². The molecule has 154 valence electrons. The monoisotopic (exact) mass is 404 g/mol. The second-order valence-corrected chi connectivity index (χ2v) is 7.98. The van der Waals surface area contributed by atoms with Crippen LogP contribution in [0.3, 0.4) is 0 Å². The summed E-state index contributed by atoms with van der Waals surface area (Å²) in [5, 5.41) is 9.00. The molecule has 0 spiro atoms. The van der Waals surface area contributed by atoms with Crippen LogP contribution < -0.4 is 9.64 Å². The van der Waals surface area contributed by atoms with E-state index in [1.165, 1.54) is 11.8 Å². The molecule has 0 bridgehead atoms. The molecule has 1 aromatic carbocycles. The summed E-state index contributed by atoms with van der Waals surface area (Å²) in [5.74, 6) is 0.0452. The third-order valence-corrected chi connectivity index (χ3v) is 5.88. The smallest absolute Gasteiger partial charge is 0.228 e. The van der Waals surface area contributed by atoms with Gasteiger partial charge in [-0.05, 0) is 43.2 Å². The zero-order valence-corrected chi connectivity index (χ0v) is 17.2. The molecular formula is C23H24N4O3. The standard InChI is InChI=1S/C23H24N4O3/c1-15-3-4-19(9-16(15)2)27-13-18(11-22(27)28)23(29)26-8-6-20(14-26)30-21-10-17(12-24)5-7-25-21/h3-5,7,9-10,18,20H,6,8,11,13-14H2,1-2H3. The molecule has 0 radical (unpaired) electrons. The molecule has 2 fully saturated rings. The van der Waals surface area contributed by atoms with E-state index in [0.717, 1.165) is 11.3 Å². The van der Waals surface area contributed by atoms with Crippen LogP contribution in [0.4, 0.5) is 5.69 Å². The Labute approximate surface area is 175 Å². The van der Waals surface area contributed by atoms with Crippen molar-refractivity contribution in [2.75, 3.05) is 24.5 Å². The highest BCUT2D eigenvalue weighted by Crippen LogP contribution is 2.29. The van der Waals surface area contributed by atoms with Crippen LogP contribution in [0, 0.1) is 31.1 Å². The maximum absolute atomic E-state index is 13.0. The minimum atomic E-state index is -0.335. The first kappa shape index (κ1) is 19.9. The molecule has 1 aromatic heterocycles. The number of carbonyl (C=O) groups is 2. The lowest BCUT2D eigenvalue weighted by atomic mass is 10.1. The largest absolute Gasteiger partial charge is 0.472 e. The molecular weight excluding hydrogens is 380 g/mol. The van der Waals surface area contributed by atoms with Crippen LogP contribution in [0.5, 0.6) is 5.88 Å². The van der Waals surface area contributed by atoms with Gasteiger partial charge in [0.1, 0.15) is 6.10 Å². The second kappa shape index (κ2) is 8.15. The molecule has 3 heterocycles. The van der Waals surface area contributed by atoms with Crippen LogP contribution in [-0.4, -0.2) is 47.4 Å². The lowest BCUT2D eigenvalue weighted by Crippen LogP contribution is -2.37. The molecule has 2 aliphatic heterocycles. The lowest BCUT2D eigenvalue weighted by molar-refractivity contribution is -0.135. The summed E-state index contributed by atoms with van der Waals surface area (Å²) in [6.07, 6.45) is 2.31. The number of nitrogens with zero attached hydrogens (tertiary/aromatic N) is 4. The van der Waals surface area contributed by atoms with E-state index in [1.54, 1.807) is 21.9 Å². The Morgan fingerprint density at radius 2 is 2.03 bits per heavy atom. The van der Waals surface area contributed by atoms with Crippen molar-refractivity contribution in [3.63, 3.8) is 0 Å². The van der Waals surface area contributed by atoms with E-state index >= 15 is 0 Å². The van der Waals surface area contributed by atoms with Crippen LogP contribution in [0.15, 0.2) is 36.5 Å². The number of amides is 2. The summed E-state index contributed by atoms with van der Waals surface area (Å²) in [7, 11) is 0. The third-order valence-electron chi connectivity index (χ3n) is 5.88. The van der Waals surface area contributed by atoms with Crippen LogP contribution in [0.2, 0.25) is 0 Å². The SMILES string of the molecule is Cc1ccc(N2CC(C(=O)N3CCC(Oc4cc(C#N)ccn4)C3)CC2=O)cc1C. The molecule has 2 aliphatic rings. The van der Waals surface area contributed by atoms with Gasteiger partial charge in [-0.1, -0.05) is 6.07 Å². The Morgan fingerprint density at radius 3 is 2.80 bits per heavy atom. The number of nitriles is 1. The molecule has 2 atom stereocenters. The van der Waals surface area contributed by atoms with E-state index in [0.29, 0.717) is 37.5 Å². The van der Waals surface area contributed by atoms with Gasteiger partial charge in [-0.25, -0.2) is 4.98 Å². The molecule has 2 aromatic rings. The summed E-state index contributed by atoms with van der Waals surface area (Å²) >= 11 is 0. The van der Waals surface area contributed by atoms with Gasteiger partial charge in [-0.15, -0.1) is 0 Å². The average Bonchev–Trinajstić information content (AvgIpc) is 3.36. The molecule has 2 saturated heterocycles. The minimum absolute atomic E-state index is 0.000446. The van der Waals surface area contributed by atoms with Crippen molar-refractivity contribution >= 4 is 17.5 Å². The van der Waals surface area contributed by atoms with Gasteiger partial charge in [0.2, 0.25) is 17.7 Å². The number of aromatic nitrogens is 1. The minimum Gasteiger partial charge on any atom is -0.472 e. The van der Waals surface area contributed by atoms with Crippen molar-refractivity contribution in [3.05, 3.63) is 53.2 Å². The summed E-state index contributed by atoms with van der Waals surface area (Å²) in [6.45, 7) is 5.53. The number of hydrogen-bond donors (Lipinski definition) is 0. The summed E-state index contributed by atoms with van der Waals surface area (Å²) < 4.78 is 5.86. The van der Waals surface area contributed by atoms with Gasteiger partial charge in [-0.3, -0.25) is 9.59 Å². The first-order valence-electron chi connectivity index (χ1n) is 10.1. The number of ether oxygens (including phenoxy) is 1. The van der Waals surface area contributed by atoms with Crippen molar-refractivity contribution in [2.45, 2.75) is 32.8 Å². The molecule has 7 nitrogen and oxygen atoms in total. The van der Waals surface area contributed by atoms with Gasteiger partial charge in [0.05, 0.1) is 24.1 Å². The Balaban J connectivity index is 1.37. The number of aryl methyl sites for hydroxylation is 2. The zero-order chi connectivity index (χ0) is 21.3. The molecule has 2 amide bonds. The highest BCUT2D eigenvalue weighted by atomic mass is 16.5. The molecule has 2 unspecified atom stereocenters. The first-order valence-corrected chi connectivity index (χ1v) is 10.1. The fraction of sp³-hybridized carbons (Fsp3) is 0.391. The Morgan fingerprint density at radius 1 is 1.20 bits per heavy atom. The molecule has 0 aliphatic carbocycles. The number of rotatable bonds is 4. The number of pyridine rings is 1. The van der Waals surface area contributed by atoms with E-state index in [-0.39, 0.29) is 30.3 Å². The maximum Gasteiger partial charge on any atom is 0.228 e. The fourth-order valence-corrected chi connectivity index (χ4v) is 4.01. The topological polar surface area (TPSA) is 86.5 Å². The second-order valence-electron chi connectivity index (χ2n) is 7.98. The van der Waals surface area contributed by atoms with E-state index in [4.69, 9.17) is 10.00 Å². The highest BCUT2D eigenvalue weighted by Gasteiger charge is 2.39. The Kier molecular flexibility index (Phi) is 5.40. The summed E-state index contributed by atoms with van der Waals surface area (Å²) in [6, 6.07) is 11.2. The maximum atomic E-state index is 13.0. The first-order chi connectivity index (χ1) is 14.4. The number of anilines is 1. The normalized spacial score (nSPS) is 21.0. The van der Waals surface area contributed by atoms with Gasteiger partial charge >= 0.3 is 0 Å². The van der Waals surface area contributed by atoms with Crippen LogP contribution in [0.25, 0.3) is 0 Å². The summed E-state index contributed by atoms with van der Waals surface area (Å²) in [4.78, 5) is 33.2. The van der Waals surface area contributed by atoms with Gasteiger partial charge in [-0.2, -0.15) is 5.26 Å². The van der Waals surface area contributed by atoms with Crippen molar-refractivity contribution in [2.24, 2.45) is 5.92 Å². The Bertz CT molecular complexity index is 1030. The van der Waals surface area contributed by atoms with Crippen molar-refractivity contribution in [1.29, 1.82) is 5.26 Å². The molecule has 4 rings (SSSR count). The predicted molar refractivity (Wildman–Crippen MR) is 111 cm³/mol. The zero-order valence-electron chi connectivity index (χ0n) is 17.2. The number of benzene rings is 1. The van der Waals surface area contributed by atoms with Crippen molar-refractivity contribution in [1.82, 2.24) is 9.88 Å². The fourth-order valence-electron chi connectivity index (χ4n) is 4.01. The third kappa shape index (κ3) is 3.99. The van der Waals surface area contributed by atoms with Crippen molar-refractivity contribution in [3.8, 4) is 11.9 Å². The highest BCUT2D eigenvalue weighted by molar-refractivity contribution is 6.00. The van der Waals surface area contributed by atoms with Gasteiger partial charge in [0.15, 0.2) is 0 Å². The van der Waals surface area contributed by atoms with Crippen LogP contribution >= 0.6 is 0 Å². The van der Waals surface area contributed by atoms with E-state index in [2.05, 4.69) is 11.1 Å². The van der Waals surface area contributed by atoms with E-state index in [9.17, 15) is 9.59 Å².